The first kappa shape index (κ1) is 17.3. The molecule has 1 aliphatic rings. The van der Waals surface area contributed by atoms with Crippen LogP contribution in [0.1, 0.15) is 22.9 Å². The fourth-order valence-corrected chi connectivity index (χ4v) is 3.47. The molecule has 1 atom stereocenters. The number of halogens is 2. The summed E-state index contributed by atoms with van der Waals surface area (Å²) in [5.41, 5.74) is 3.19. The highest BCUT2D eigenvalue weighted by Gasteiger charge is 2.32. The molecule has 0 saturated carbocycles. The molecule has 6 heteroatoms. The Kier molecular flexibility index (Phi) is 4.39. The molecule has 0 bridgehead atoms. The summed E-state index contributed by atoms with van der Waals surface area (Å²) in [7, 11) is 0. The molecule has 138 valence electrons. The standard InChI is InChI=1S/C21H19F2N3O/c1-14-4-7-16(8-5-14)24-21(27)26-12-11-25-10-2-3-19(25)20(26)15-6-9-17(22)18(23)13-15/h2-10,13,20H,11-12H2,1H3,(H,24,27). The SMILES string of the molecule is Cc1ccc(NC(=O)N2CCn3cccc3C2c2ccc(F)c(F)c2)cc1. The van der Waals surface area contributed by atoms with Crippen molar-refractivity contribution in [3.05, 3.63) is 89.2 Å². The zero-order valence-electron chi connectivity index (χ0n) is 14.8. The number of nitrogens with one attached hydrogen (secondary N) is 1. The summed E-state index contributed by atoms with van der Waals surface area (Å²) in [6.07, 6.45) is 1.93. The van der Waals surface area contributed by atoms with Gasteiger partial charge in [-0.3, -0.25) is 0 Å². The van der Waals surface area contributed by atoms with Crippen LogP contribution in [-0.2, 0) is 6.54 Å². The summed E-state index contributed by atoms with van der Waals surface area (Å²) >= 11 is 0. The molecule has 1 unspecified atom stereocenters. The lowest BCUT2D eigenvalue weighted by Gasteiger charge is -2.37. The number of aryl methyl sites for hydroxylation is 1. The van der Waals surface area contributed by atoms with Crippen LogP contribution in [0, 0.1) is 18.6 Å². The average Bonchev–Trinajstić information content (AvgIpc) is 3.14. The van der Waals surface area contributed by atoms with Crippen LogP contribution in [-0.4, -0.2) is 22.0 Å². The molecule has 3 aromatic rings. The topological polar surface area (TPSA) is 37.3 Å². The Morgan fingerprint density at radius 2 is 1.81 bits per heavy atom. The quantitative estimate of drug-likeness (QED) is 0.700. The molecule has 0 fully saturated rings. The van der Waals surface area contributed by atoms with Crippen molar-refractivity contribution in [3.8, 4) is 0 Å². The second kappa shape index (κ2) is 6.87. The Morgan fingerprint density at radius 3 is 2.56 bits per heavy atom. The molecule has 0 saturated heterocycles. The van der Waals surface area contributed by atoms with E-state index in [0.29, 0.717) is 24.3 Å². The van der Waals surface area contributed by atoms with E-state index in [1.54, 1.807) is 4.90 Å². The van der Waals surface area contributed by atoms with Crippen molar-refractivity contribution in [1.82, 2.24) is 9.47 Å². The molecule has 0 radical (unpaired) electrons. The monoisotopic (exact) mass is 367 g/mol. The van der Waals surface area contributed by atoms with Crippen LogP contribution in [0.5, 0.6) is 0 Å². The molecule has 2 aromatic carbocycles. The lowest BCUT2D eigenvalue weighted by Crippen LogP contribution is -2.44. The number of anilines is 1. The summed E-state index contributed by atoms with van der Waals surface area (Å²) in [4.78, 5) is 14.6. The average molecular weight is 367 g/mol. The normalized spacial score (nSPS) is 16.1. The highest BCUT2D eigenvalue weighted by Crippen LogP contribution is 2.33. The molecule has 4 rings (SSSR count). The maximum atomic E-state index is 13.8. The lowest BCUT2D eigenvalue weighted by atomic mass is 10.00. The molecule has 0 spiro atoms. The number of hydrogen-bond acceptors (Lipinski definition) is 1. The van der Waals surface area contributed by atoms with E-state index < -0.39 is 17.7 Å². The molecule has 4 nitrogen and oxygen atoms in total. The third-order valence-corrected chi connectivity index (χ3v) is 4.86. The van der Waals surface area contributed by atoms with Crippen LogP contribution in [0.15, 0.2) is 60.8 Å². The first-order valence-corrected chi connectivity index (χ1v) is 8.77. The van der Waals surface area contributed by atoms with Gasteiger partial charge in [-0.15, -0.1) is 0 Å². The molecular weight excluding hydrogens is 348 g/mol. The van der Waals surface area contributed by atoms with E-state index in [4.69, 9.17) is 0 Å². The van der Waals surface area contributed by atoms with Gasteiger partial charge in [-0.2, -0.15) is 0 Å². The molecular formula is C21H19F2N3O. The van der Waals surface area contributed by atoms with Gasteiger partial charge < -0.3 is 14.8 Å². The number of fused-ring (bicyclic) bond motifs is 1. The molecule has 1 aliphatic heterocycles. The highest BCUT2D eigenvalue weighted by molar-refractivity contribution is 5.90. The minimum Gasteiger partial charge on any atom is -0.348 e. The van der Waals surface area contributed by atoms with Gasteiger partial charge in [0.15, 0.2) is 11.6 Å². The Morgan fingerprint density at radius 1 is 1.04 bits per heavy atom. The molecule has 2 amide bonds. The Balaban J connectivity index is 1.68. The Bertz CT molecular complexity index is 981. The molecule has 1 N–H and O–H groups in total. The Labute approximate surface area is 156 Å². The molecule has 0 aliphatic carbocycles. The van der Waals surface area contributed by atoms with E-state index in [1.807, 2.05) is 54.1 Å². The van der Waals surface area contributed by atoms with Crippen LogP contribution < -0.4 is 5.32 Å². The van der Waals surface area contributed by atoms with Crippen molar-refractivity contribution in [3.63, 3.8) is 0 Å². The van der Waals surface area contributed by atoms with Gasteiger partial charge in [-0.05, 0) is 48.9 Å². The van der Waals surface area contributed by atoms with Crippen LogP contribution in [0.3, 0.4) is 0 Å². The van der Waals surface area contributed by atoms with E-state index in [9.17, 15) is 13.6 Å². The number of carbonyl (C=O) groups excluding carboxylic acids is 1. The number of urea groups is 1. The fourth-order valence-electron chi connectivity index (χ4n) is 3.47. The second-order valence-electron chi connectivity index (χ2n) is 6.69. The fraction of sp³-hybridized carbons (Fsp3) is 0.190. The summed E-state index contributed by atoms with van der Waals surface area (Å²) in [6, 6.07) is 14.3. The number of benzene rings is 2. The first-order valence-electron chi connectivity index (χ1n) is 8.77. The minimum atomic E-state index is -0.921. The van der Waals surface area contributed by atoms with Crippen molar-refractivity contribution in [2.75, 3.05) is 11.9 Å². The zero-order valence-corrected chi connectivity index (χ0v) is 14.8. The van der Waals surface area contributed by atoms with Gasteiger partial charge in [-0.25, -0.2) is 13.6 Å². The van der Waals surface area contributed by atoms with Crippen LogP contribution in [0.25, 0.3) is 0 Å². The largest absolute Gasteiger partial charge is 0.348 e. The molecule has 2 heterocycles. The third-order valence-electron chi connectivity index (χ3n) is 4.86. The smallest absolute Gasteiger partial charge is 0.322 e. The van der Waals surface area contributed by atoms with Gasteiger partial charge >= 0.3 is 6.03 Å². The van der Waals surface area contributed by atoms with Crippen molar-refractivity contribution < 1.29 is 13.6 Å². The summed E-state index contributed by atoms with van der Waals surface area (Å²) in [6.45, 7) is 3.08. The summed E-state index contributed by atoms with van der Waals surface area (Å²) in [5.74, 6) is -1.82. The number of rotatable bonds is 2. The minimum absolute atomic E-state index is 0.277. The van der Waals surface area contributed by atoms with Gasteiger partial charge in [0.25, 0.3) is 0 Å². The van der Waals surface area contributed by atoms with E-state index in [1.165, 1.54) is 6.07 Å². The lowest BCUT2D eigenvalue weighted by molar-refractivity contribution is 0.181. The van der Waals surface area contributed by atoms with Gasteiger partial charge in [0.2, 0.25) is 0 Å². The maximum Gasteiger partial charge on any atom is 0.322 e. The first-order chi connectivity index (χ1) is 13.0. The highest BCUT2D eigenvalue weighted by atomic mass is 19.2. The Hall–Kier alpha value is -3.15. The second-order valence-corrected chi connectivity index (χ2v) is 6.69. The summed E-state index contributed by atoms with van der Waals surface area (Å²) < 4.78 is 29.3. The van der Waals surface area contributed by atoms with Crippen molar-refractivity contribution in [2.24, 2.45) is 0 Å². The predicted molar refractivity (Wildman–Crippen MR) is 99.5 cm³/mol. The van der Waals surface area contributed by atoms with Crippen LogP contribution in [0.2, 0.25) is 0 Å². The van der Waals surface area contributed by atoms with Gasteiger partial charge in [-0.1, -0.05) is 23.8 Å². The van der Waals surface area contributed by atoms with Crippen molar-refractivity contribution in [1.29, 1.82) is 0 Å². The van der Waals surface area contributed by atoms with Gasteiger partial charge in [0.1, 0.15) is 0 Å². The van der Waals surface area contributed by atoms with Gasteiger partial charge in [0.05, 0.1) is 6.04 Å². The van der Waals surface area contributed by atoms with Crippen LogP contribution in [0.4, 0.5) is 19.3 Å². The van der Waals surface area contributed by atoms with Crippen molar-refractivity contribution >= 4 is 11.7 Å². The number of hydrogen-bond donors (Lipinski definition) is 1. The summed E-state index contributed by atoms with van der Waals surface area (Å²) in [5, 5.41) is 2.90. The van der Waals surface area contributed by atoms with E-state index in [2.05, 4.69) is 5.32 Å². The van der Waals surface area contributed by atoms with Crippen LogP contribution >= 0.6 is 0 Å². The third kappa shape index (κ3) is 3.30. The maximum absolute atomic E-state index is 13.8. The van der Waals surface area contributed by atoms with Crippen molar-refractivity contribution in [2.45, 2.75) is 19.5 Å². The zero-order chi connectivity index (χ0) is 19.0. The predicted octanol–water partition coefficient (Wildman–Crippen LogP) is 4.71. The van der Waals surface area contributed by atoms with Gasteiger partial charge in [0, 0.05) is 30.7 Å². The molecule has 1 aromatic heterocycles. The number of aromatic nitrogens is 1. The molecule has 27 heavy (non-hydrogen) atoms. The number of carbonyl (C=O) groups is 1. The van der Waals surface area contributed by atoms with E-state index in [0.717, 1.165) is 23.4 Å². The number of amides is 2. The number of nitrogens with zero attached hydrogens (tertiary/aromatic N) is 2. The van der Waals surface area contributed by atoms with E-state index >= 15 is 0 Å². The van der Waals surface area contributed by atoms with E-state index in [-0.39, 0.29) is 6.03 Å².